The highest BCUT2D eigenvalue weighted by atomic mass is 16.5. The molecule has 1 aliphatic heterocycles. The molecule has 14 heavy (non-hydrogen) atoms. The molecule has 2 N–H and O–H groups in total. The van der Waals surface area contributed by atoms with Crippen molar-refractivity contribution in [2.75, 3.05) is 32.8 Å². The lowest BCUT2D eigenvalue weighted by molar-refractivity contribution is -0.0388. The fraction of sp³-hybridized carbons (Fsp3) is 1.00. The average Bonchev–Trinajstić information content (AvgIpc) is 2.98. The average molecular weight is 198 g/mol. The third kappa shape index (κ3) is 1.47. The largest absolute Gasteiger partial charge is 0.379 e. The predicted octanol–water partition coefficient (Wildman–Crippen LogP) is 0.836. The molecule has 2 aliphatic rings. The lowest BCUT2D eigenvalue weighted by Gasteiger charge is -2.47. The lowest BCUT2D eigenvalue weighted by atomic mass is 9.82. The first-order valence-corrected chi connectivity index (χ1v) is 5.65. The number of morpholine rings is 1. The van der Waals surface area contributed by atoms with E-state index < -0.39 is 0 Å². The Hall–Kier alpha value is -0.120. The molecule has 0 radical (unpaired) electrons. The smallest absolute Gasteiger partial charge is 0.0594 e. The van der Waals surface area contributed by atoms with Gasteiger partial charge < -0.3 is 10.5 Å². The van der Waals surface area contributed by atoms with Crippen molar-refractivity contribution in [3.63, 3.8) is 0 Å². The minimum Gasteiger partial charge on any atom is -0.379 e. The van der Waals surface area contributed by atoms with Crippen molar-refractivity contribution in [2.45, 2.75) is 32.2 Å². The summed E-state index contributed by atoms with van der Waals surface area (Å²) in [4.78, 5) is 2.53. The van der Waals surface area contributed by atoms with E-state index in [4.69, 9.17) is 10.5 Å². The molecule has 3 nitrogen and oxygen atoms in total. The monoisotopic (exact) mass is 198 g/mol. The van der Waals surface area contributed by atoms with Crippen molar-refractivity contribution < 1.29 is 4.74 Å². The standard InChI is InChI=1S/C11H22N2O/c1-10(3-4-10)11(2,9-12)13-5-7-14-8-6-13/h3-9,12H2,1-2H3. The number of rotatable bonds is 3. The molecule has 1 unspecified atom stereocenters. The Morgan fingerprint density at radius 2 is 1.93 bits per heavy atom. The van der Waals surface area contributed by atoms with E-state index in [1.807, 2.05) is 0 Å². The van der Waals surface area contributed by atoms with Crippen LogP contribution in [0.1, 0.15) is 26.7 Å². The van der Waals surface area contributed by atoms with E-state index in [2.05, 4.69) is 18.7 Å². The van der Waals surface area contributed by atoms with Crippen LogP contribution in [0.15, 0.2) is 0 Å². The minimum atomic E-state index is 0.191. The van der Waals surface area contributed by atoms with Crippen LogP contribution in [0.2, 0.25) is 0 Å². The topological polar surface area (TPSA) is 38.5 Å². The normalized spacial score (nSPS) is 31.1. The SMILES string of the molecule is CC1(C(C)(CN)N2CCOCC2)CC1. The Kier molecular flexibility index (Phi) is 2.58. The summed E-state index contributed by atoms with van der Waals surface area (Å²) >= 11 is 0. The number of hydrogen-bond acceptors (Lipinski definition) is 3. The predicted molar refractivity (Wildman–Crippen MR) is 57.2 cm³/mol. The maximum Gasteiger partial charge on any atom is 0.0594 e. The second kappa shape index (κ2) is 3.47. The zero-order valence-corrected chi connectivity index (χ0v) is 9.38. The Morgan fingerprint density at radius 3 is 2.36 bits per heavy atom. The third-order valence-electron chi connectivity index (χ3n) is 4.41. The molecule has 2 rings (SSSR count). The van der Waals surface area contributed by atoms with Crippen LogP contribution in [0.5, 0.6) is 0 Å². The molecule has 1 aliphatic carbocycles. The third-order valence-corrected chi connectivity index (χ3v) is 4.41. The van der Waals surface area contributed by atoms with Crippen molar-refractivity contribution >= 4 is 0 Å². The first-order valence-electron chi connectivity index (χ1n) is 5.65. The molecule has 0 amide bonds. The molecule has 82 valence electrons. The van der Waals surface area contributed by atoms with Crippen LogP contribution in [0, 0.1) is 5.41 Å². The zero-order valence-electron chi connectivity index (χ0n) is 9.38. The molecule has 0 aromatic rings. The van der Waals surface area contributed by atoms with Gasteiger partial charge in [0, 0.05) is 25.2 Å². The highest BCUT2D eigenvalue weighted by Crippen LogP contribution is 2.55. The van der Waals surface area contributed by atoms with E-state index in [9.17, 15) is 0 Å². The Bertz CT molecular complexity index is 209. The van der Waals surface area contributed by atoms with Crippen LogP contribution in [0.4, 0.5) is 0 Å². The summed E-state index contributed by atoms with van der Waals surface area (Å²) in [5.41, 5.74) is 6.63. The summed E-state index contributed by atoms with van der Waals surface area (Å²) in [6.45, 7) is 9.29. The molecule has 3 heteroatoms. The highest BCUT2D eigenvalue weighted by molar-refractivity contribution is 5.09. The number of hydrogen-bond donors (Lipinski definition) is 1. The van der Waals surface area contributed by atoms with E-state index in [-0.39, 0.29) is 5.54 Å². The van der Waals surface area contributed by atoms with Crippen molar-refractivity contribution in [3.05, 3.63) is 0 Å². The van der Waals surface area contributed by atoms with Gasteiger partial charge in [-0.2, -0.15) is 0 Å². The van der Waals surface area contributed by atoms with Gasteiger partial charge in [-0.05, 0) is 25.2 Å². The quantitative estimate of drug-likeness (QED) is 0.730. The number of nitrogens with two attached hydrogens (primary N) is 1. The Labute approximate surface area is 86.6 Å². The van der Waals surface area contributed by atoms with E-state index in [1.165, 1.54) is 12.8 Å². The maximum absolute atomic E-state index is 5.98. The zero-order chi connectivity index (χ0) is 10.2. The van der Waals surface area contributed by atoms with Crippen LogP contribution in [0.3, 0.4) is 0 Å². The molecular weight excluding hydrogens is 176 g/mol. The summed E-state index contributed by atoms with van der Waals surface area (Å²) in [5, 5.41) is 0. The van der Waals surface area contributed by atoms with Crippen LogP contribution in [0.25, 0.3) is 0 Å². The van der Waals surface area contributed by atoms with E-state index in [0.717, 1.165) is 32.8 Å². The second-order valence-electron chi connectivity index (χ2n) is 5.14. The van der Waals surface area contributed by atoms with E-state index >= 15 is 0 Å². The summed E-state index contributed by atoms with van der Waals surface area (Å²) in [6, 6.07) is 0. The van der Waals surface area contributed by atoms with Gasteiger partial charge in [-0.25, -0.2) is 0 Å². The molecular formula is C11H22N2O. The number of ether oxygens (including phenoxy) is 1. The molecule has 1 atom stereocenters. The first kappa shape index (κ1) is 10.4. The van der Waals surface area contributed by atoms with Crippen LogP contribution in [-0.2, 0) is 4.74 Å². The summed E-state index contributed by atoms with van der Waals surface area (Å²) < 4.78 is 5.39. The number of nitrogens with zero attached hydrogens (tertiary/aromatic N) is 1. The van der Waals surface area contributed by atoms with Gasteiger partial charge in [0.15, 0.2) is 0 Å². The molecule has 0 spiro atoms. The Balaban J connectivity index is 2.10. The molecule has 0 aromatic heterocycles. The molecule has 0 aromatic carbocycles. The van der Waals surface area contributed by atoms with Gasteiger partial charge in [-0.3, -0.25) is 4.90 Å². The highest BCUT2D eigenvalue weighted by Gasteiger charge is 2.55. The van der Waals surface area contributed by atoms with E-state index in [1.54, 1.807) is 0 Å². The Morgan fingerprint density at radius 1 is 1.36 bits per heavy atom. The van der Waals surface area contributed by atoms with Crippen molar-refractivity contribution in [2.24, 2.45) is 11.1 Å². The summed E-state index contributed by atoms with van der Waals surface area (Å²) in [5.74, 6) is 0. The van der Waals surface area contributed by atoms with Crippen molar-refractivity contribution in [1.82, 2.24) is 4.90 Å². The van der Waals surface area contributed by atoms with Gasteiger partial charge in [-0.1, -0.05) is 6.92 Å². The molecule has 2 fully saturated rings. The lowest BCUT2D eigenvalue weighted by Crippen LogP contribution is -2.60. The first-order chi connectivity index (χ1) is 6.62. The molecule has 1 saturated heterocycles. The molecule has 0 bridgehead atoms. The van der Waals surface area contributed by atoms with Gasteiger partial charge in [0.05, 0.1) is 13.2 Å². The molecule has 1 saturated carbocycles. The van der Waals surface area contributed by atoms with Crippen molar-refractivity contribution in [1.29, 1.82) is 0 Å². The van der Waals surface area contributed by atoms with Gasteiger partial charge >= 0.3 is 0 Å². The fourth-order valence-corrected chi connectivity index (χ4v) is 2.54. The molecule has 1 heterocycles. The van der Waals surface area contributed by atoms with E-state index in [0.29, 0.717) is 5.41 Å². The van der Waals surface area contributed by atoms with Gasteiger partial charge in [-0.15, -0.1) is 0 Å². The van der Waals surface area contributed by atoms with Crippen molar-refractivity contribution in [3.8, 4) is 0 Å². The minimum absolute atomic E-state index is 0.191. The summed E-state index contributed by atoms with van der Waals surface area (Å²) in [7, 11) is 0. The summed E-state index contributed by atoms with van der Waals surface area (Å²) in [6.07, 6.45) is 2.66. The fourth-order valence-electron chi connectivity index (χ4n) is 2.54. The van der Waals surface area contributed by atoms with Gasteiger partial charge in [0.1, 0.15) is 0 Å². The van der Waals surface area contributed by atoms with Crippen LogP contribution >= 0.6 is 0 Å². The van der Waals surface area contributed by atoms with Gasteiger partial charge in [0.25, 0.3) is 0 Å². The van der Waals surface area contributed by atoms with Crippen LogP contribution < -0.4 is 5.73 Å². The van der Waals surface area contributed by atoms with Gasteiger partial charge in [0.2, 0.25) is 0 Å². The van der Waals surface area contributed by atoms with Crippen LogP contribution in [-0.4, -0.2) is 43.3 Å². The maximum atomic E-state index is 5.98. The second-order valence-corrected chi connectivity index (χ2v) is 5.14.